The van der Waals surface area contributed by atoms with Crippen LogP contribution in [0.4, 0.5) is 0 Å². The summed E-state index contributed by atoms with van der Waals surface area (Å²) >= 11 is 0. The summed E-state index contributed by atoms with van der Waals surface area (Å²) in [6, 6.07) is 2.14. The molecule has 0 saturated carbocycles. The van der Waals surface area contributed by atoms with Crippen molar-refractivity contribution in [1.82, 2.24) is 5.32 Å². The van der Waals surface area contributed by atoms with Gasteiger partial charge in [0.2, 0.25) is 0 Å². The molecular formula is C11H22N2O. The largest absolute Gasteiger partial charge is 0.396 e. The zero-order valence-electron chi connectivity index (χ0n) is 8.97. The van der Waals surface area contributed by atoms with E-state index in [1.54, 1.807) is 0 Å². The maximum absolute atomic E-state index is 8.55. The van der Waals surface area contributed by atoms with Gasteiger partial charge in [0.1, 0.15) is 0 Å². The van der Waals surface area contributed by atoms with Crippen molar-refractivity contribution in [3.63, 3.8) is 0 Å². The molecule has 0 atom stereocenters. The zero-order valence-corrected chi connectivity index (χ0v) is 8.97. The first-order chi connectivity index (χ1) is 6.91. The van der Waals surface area contributed by atoms with Gasteiger partial charge in [-0.2, -0.15) is 5.26 Å². The van der Waals surface area contributed by atoms with Crippen molar-refractivity contribution in [2.75, 3.05) is 19.7 Å². The van der Waals surface area contributed by atoms with Crippen molar-refractivity contribution in [3.8, 4) is 6.07 Å². The fourth-order valence-electron chi connectivity index (χ4n) is 1.29. The highest BCUT2D eigenvalue weighted by atomic mass is 16.2. The van der Waals surface area contributed by atoms with E-state index in [0.717, 1.165) is 38.8 Å². The third-order valence-corrected chi connectivity index (χ3v) is 2.15. The fraction of sp³-hybridized carbons (Fsp3) is 0.909. The van der Waals surface area contributed by atoms with Gasteiger partial charge in [-0.1, -0.05) is 12.8 Å². The lowest BCUT2D eigenvalue weighted by Crippen LogP contribution is -2.16. The van der Waals surface area contributed by atoms with Crippen LogP contribution in [0.25, 0.3) is 0 Å². The van der Waals surface area contributed by atoms with Gasteiger partial charge in [-0.3, -0.25) is 0 Å². The molecule has 82 valence electrons. The van der Waals surface area contributed by atoms with E-state index in [1.165, 1.54) is 12.8 Å². The van der Waals surface area contributed by atoms with E-state index < -0.39 is 0 Å². The van der Waals surface area contributed by atoms with Crippen LogP contribution in [-0.4, -0.2) is 24.8 Å². The molecule has 0 heterocycles. The lowest BCUT2D eigenvalue weighted by Gasteiger charge is -2.03. The molecular weight excluding hydrogens is 176 g/mol. The number of hydrogen-bond acceptors (Lipinski definition) is 3. The maximum Gasteiger partial charge on any atom is 0.0621 e. The number of nitrogens with zero attached hydrogens (tertiary/aromatic N) is 1. The number of unbranched alkanes of at least 4 members (excludes halogenated alkanes) is 5. The monoisotopic (exact) mass is 198 g/mol. The Bertz CT molecular complexity index is 143. The molecule has 0 amide bonds. The van der Waals surface area contributed by atoms with Crippen LogP contribution in [0, 0.1) is 11.3 Å². The lowest BCUT2D eigenvalue weighted by molar-refractivity contribution is 0.282. The van der Waals surface area contributed by atoms with Gasteiger partial charge in [-0.15, -0.1) is 0 Å². The van der Waals surface area contributed by atoms with Crippen LogP contribution in [0.5, 0.6) is 0 Å². The van der Waals surface area contributed by atoms with E-state index in [1.807, 2.05) is 0 Å². The Morgan fingerprint density at radius 3 is 2.21 bits per heavy atom. The topological polar surface area (TPSA) is 56.0 Å². The summed E-state index contributed by atoms with van der Waals surface area (Å²) in [5.74, 6) is 0. The molecule has 0 aliphatic carbocycles. The van der Waals surface area contributed by atoms with Crippen LogP contribution in [0.1, 0.15) is 44.9 Å². The van der Waals surface area contributed by atoms with Crippen LogP contribution >= 0.6 is 0 Å². The third kappa shape index (κ3) is 11.4. The highest BCUT2D eigenvalue weighted by Gasteiger charge is 1.90. The Morgan fingerprint density at radius 2 is 1.57 bits per heavy atom. The average Bonchev–Trinajstić information content (AvgIpc) is 2.21. The lowest BCUT2D eigenvalue weighted by atomic mass is 10.2. The van der Waals surface area contributed by atoms with E-state index in [0.29, 0.717) is 13.0 Å². The number of rotatable bonds is 10. The molecule has 0 spiro atoms. The van der Waals surface area contributed by atoms with Crippen molar-refractivity contribution in [2.45, 2.75) is 44.9 Å². The molecule has 14 heavy (non-hydrogen) atoms. The minimum absolute atomic E-state index is 0.321. The number of hydrogen-bond donors (Lipinski definition) is 2. The highest BCUT2D eigenvalue weighted by molar-refractivity contribution is 4.68. The summed E-state index contributed by atoms with van der Waals surface area (Å²) in [6.45, 7) is 2.42. The molecule has 0 unspecified atom stereocenters. The van der Waals surface area contributed by atoms with E-state index in [-0.39, 0.29) is 0 Å². The predicted octanol–water partition coefficient (Wildman–Crippen LogP) is 1.82. The zero-order chi connectivity index (χ0) is 10.5. The second kappa shape index (κ2) is 12.4. The van der Waals surface area contributed by atoms with Crippen molar-refractivity contribution in [2.24, 2.45) is 0 Å². The Hall–Kier alpha value is -0.590. The van der Waals surface area contributed by atoms with Gasteiger partial charge in [-0.25, -0.2) is 0 Å². The van der Waals surface area contributed by atoms with Gasteiger partial charge in [0.15, 0.2) is 0 Å². The van der Waals surface area contributed by atoms with Gasteiger partial charge >= 0.3 is 0 Å². The van der Waals surface area contributed by atoms with Crippen LogP contribution < -0.4 is 5.32 Å². The highest BCUT2D eigenvalue weighted by Crippen LogP contribution is 1.97. The van der Waals surface area contributed by atoms with Crippen molar-refractivity contribution in [3.05, 3.63) is 0 Å². The molecule has 0 saturated heterocycles. The standard InChI is InChI=1S/C11H22N2O/c12-8-4-3-6-10-13-9-5-1-2-7-11-14/h13-14H,1-7,9-11H2. The number of aliphatic hydroxyl groups excluding tert-OH is 1. The normalized spacial score (nSPS) is 10.0. The Labute approximate surface area is 87.1 Å². The minimum Gasteiger partial charge on any atom is -0.396 e. The van der Waals surface area contributed by atoms with Crippen LogP contribution in [-0.2, 0) is 0 Å². The van der Waals surface area contributed by atoms with Crippen molar-refractivity contribution in [1.29, 1.82) is 5.26 Å². The molecule has 3 nitrogen and oxygen atoms in total. The number of nitriles is 1. The maximum atomic E-state index is 8.55. The minimum atomic E-state index is 0.321. The number of nitrogens with one attached hydrogen (secondary N) is 1. The molecule has 0 aromatic carbocycles. The van der Waals surface area contributed by atoms with E-state index >= 15 is 0 Å². The van der Waals surface area contributed by atoms with E-state index in [2.05, 4.69) is 11.4 Å². The summed E-state index contributed by atoms with van der Waals surface area (Å²) in [4.78, 5) is 0. The first kappa shape index (κ1) is 13.4. The molecule has 0 aromatic heterocycles. The first-order valence-corrected chi connectivity index (χ1v) is 5.60. The fourth-order valence-corrected chi connectivity index (χ4v) is 1.29. The average molecular weight is 198 g/mol. The van der Waals surface area contributed by atoms with Crippen LogP contribution in [0.15, 0.2) is 0 Å². The van der Waals surface area contributed by atoms with E-state index in [9.17, 15) is 0 Å². The molecule has 0 radical (unpaired) electrons. The van der Waals surface area contributed by atoms with Crippen molar-refractivity contribution >= 4 is 0 Å². The molecule has 0 bridgehead atoms. The van der Waals surface area contributed by atoms with Crippen molar-refractivity contribution < 1.29 is 5.11 Å². The second-order valence-corrected chi connectivity index (χ2v) is 3.50. The third-order valence-electron chi connectivity index (χ3n) is 2.15. The summed E-state index contributed by atoms with van der Waals surface area (Å²) in [5.41, 5.74) is 0. The smallest absolute Gasteiger partial charge is 0.0621 e. The quantitative estimate of drug-likeness (QED) is 0.526. The Kier molecular flexibility index (Phi) is 11.9. The molecule has 0 aliphatic rings. The van der Waals surface area contributed by atoms with Crippen LogP contribution in [0.3, 0.4) is 0 Å². The van der Waals surface area contributed by atoms with Gasteiger partial charge in [0, 0.05) is 13.0 Å². The second-order valence-electron chi connectivity index (χ2n) is 3.50. The molecule has 0 aliphatic heterocycles. The molecule has 0 aromatic rings. The van der Waals surface area contributed by atoms with Gasteiger partial charge < -0.3 is 10.4 Å². The molecule has 0 fully saturated rings. The summed E-state index contributed by atoms with van der Waals surface area (Å²) < 4.78 is 0. The Morgan fingerprint density at radius 1 is 0.929 bits per heavy atom. The van der Waals surface area contributed by atoms with Gasteiger partial charge in [0.25, 0.3) is 0 Å². The van der Waals surface area contributed by atoms with Gasteiger partial charge in [0.05, 0.1) is 6.07 Å². The number of aliphatic hydroxyl groups is 1. The summed E-state index contributed by atoms with van der Waals surface area (Å²) in [5, 5.41) is 20.2. The molecule has 2 N–H and O–H groups in total. The van der Waals surface area contributed by atoms with Gasteiger partial charge in [-0.05, 0) is 38.8 Å². The van der Waals surface area contributed by atoms with Crippen LogP contribution in [0.2, 0.25) is 0 Å². The summed E-state index contributed by atoms with van der Waals surface area (Å²) in [7, 11) is 0. The SMILES string of the molecule is N#CCCCCNCCCCCCO. The predicted molar refractivity (Wildman–Crippen MR) is 57.9 cm³/mol. The molecule has 0 rings (SSSR count). The first-order valence-electron chi connectivity index (χ1n) is 5.60. The molecule has 3 heteroatoms. The van der Waals surface area contributed by atoms with E-state index in [4.69, 9.17) is 10.4 Å². The Balaban J connectivity index is 2.82. The summed E-state index contributed by atoms with van der Waals surface area (Å²) in [6.07, 6.45) is 7.25.